The molecule has 1 aliphatic heterocycles. The van der Waals surface area contributed by atoms with Crippen molar-refractivity contribution in [2.45, 2.75) is 26.2 Å². The summed E-state index contributed by atoms with van der Waals surface area (Å²) >= 11 is 0. The molecule has 0 unspecified atom stereocenters. The van der Waals surface area contributed by atoms with E-state index in [4.69, 9.17) is 0 Å². The van der Waals surface area contributed by atoms with Gasteiger partial charge in [-0.3, -0.25) is 14.6 Å². The van der Waals surface area contributed by atoms with Crippen molar-refractivity contribution in [3.63, 3.8) is 0 Å². The van der Waals surface area contributed by atoms with E-state index in [0.29, 0.717) is 6.54 Å². The molecular formula is C26H36IN7. The van der Waals surface area contributed by atoms with Gasteiger partial charge in [0.1, 0.15) is 0 Å². The monoisotopic (exact) mass is 573 g/mol. The van der Waals surface area contributed by atoms with E-state index in [2.05, 4.69) is 86.1 Å². The SMILES string of the molecule is CN=C(NCc1ccc(CN2CCN(C)CC2)cc1)NCc1ccccc1Cn1cccn1.I. The van der Waals surface area contributed by atoms with Crippen molar-refractivity contribution in [3.8, 4) is 0 Å². The van der Waals surface area contributed by atoms with Crippen LogP contribution in [0, 0.1) is 0 Å². The van der Waals surface area contributed by atoms with Crippen LogP contribution in [-0.2, 0) is 26.2 Å². The maximum absolute atomic E-state index is 4.39. The van der Waals surface area contributed by atoms with E-state index in [1.807, 2.05) is 30.2 Å². The fourth-order valence-electron chi connectivity index (χ4n) is 4.06. The zero-order chi connectivity index (χ0) is 22.9. The molecule has 0 radical (unpaired) electrons. The van der Waals surface area contributed by atoms with Crippen molar-refractivity contribution in [2.24, 2.45) is 4.99 Å². The molecule has 1 aromatic heterocycles. The Bertz CT molecular complexity index is 1010. The summed E-state index contributed by atoms with van der Waals surface area (Å²) in [6.45, 7) is 7.84. The molecule has 7 nitrogen and oxygen atoms in total. The van der Waals surface area contributed by atoms with Crippen molar-refractivity contribution in [1.82, 2.24) is 30.2 Å². The van der Waals surface area contributed by atoms with Gasteiger partial charge in [-0.2, -0.15) is 5.10 Å². The molecule has 3 aromatic rings. The second kappa shape index (κ2) is 13.5. The third-order valence-corrected chi connectivity index (χ3v) is 6.16. The summed E-state index contributed by atoms with van der Waals surface area (Å²) in [6.07, 6.45) is 3.80. The van der Waals surface area contributed by atoms with Gasteiger partial charge in [0, 0.05) is 65.3 Å². The maximum Gasteiger partial charge on any atom is 0.191 e. The standard InChI is InChI=1S/C26H35N7.HI/c1-27-26(29-19-24-6-3-4-7-25(24)21-33-13-5-12-30-33)28-18-22-8-10-23(11-9-22)20-32-16-14-31(2)15-17-32;/h3-13H,14-21H2,1-2H3,(H2,27,28,29);1H. The zero-order valence-electron chi connectivity index (χ0n) is 20.2. The number of aliphatic imine (C=N–C) groups is 1. The highest BCUT2D eigenvalue weighted by molar-refractivity contribution is 14.0. The first kappa shape index (κ1) is 26.2. The summed E-state index contributed by atoms with van der Waals surface area (Å²) in [5.74, 6) is 0.797. The van der Waals surface area contributed by atoms with Gasteiger partial charge in [0.15, 0.2) is 5.96 Å². The summed E-state index contributed by atoms with van der Waals surface area (Å²) in [7, 11) is 4.01. The molecule has 1 saturated heterocycles. The predicted molar refractivity (Wildman–Crippen MR) is 149 cm³/mol. The molecule has 0 saturated carbocycles. The van der Waals surface area contributed by atoms with E-state index in [1.165, 1.54) is 22.3 Å². The first-order valence-electron chi connectivity index (χ1n) is 11.7. The van der Waals surface area contributed by atoms with Crippen LogP contribution in [0.15, 0.2) is 72.0 Å². The number of aromatic nitrogens is 2. The van der Waals surface area contributed by atoms with E-state index < -0.39 is 0 Å². The predicted octanol–water partition coefficient (Wildman–Crippen LogP) is 3.16. The zero-order valence-corrected chi connectivity index (χ0v) is 22.5. The van der Waals surface area contributed by atoms with E-state index in [-0.39, 0.29) is 24.0 Å². The van der Waals surface area contributed by atoms with Crippen LogP contribution in [0.2, 0.25) is 0 Å². The quantitative estimate of drug-likeness (QED) is 0.247. The van der Waals surface area contributed by atoms with Crippen molar-refractivity contribution in [2.75, 3.05) is 40.3 Å². The molecule has 1 fully saturated rings. The van der Waals surface area contributed by atoms with Crippen LogP contribution in [0.3, 0.4) is 0 Å². The first-order valence-corrected chi connectivity index (χ1v) is 11.7. The van der Waals surface area contributed by atoms with Crippen molar-refractivity contribution < 1.29 is 0 Å². The van der Waals surface area contributed by atoms with Gasteiger partial charge in [-0.15, -0.1) is 24.0 Å². The first-order chi connectivity index (χ1) is 16.2. The molecule has 0 bridgehead atoms. The normalized spacial score (nSPS) is 15.1. The number of hydrogen-bond donors (Lipinski definition) is 2. The number of nitrogens with zero attached hydrogens (tertiary/aromatic N) is 5. The Kier molecular flexibility index (Phi) is 10.4. The minimum absolute atomic E-state index is 0. The topological polar surface area (TPSA) is 60.7 Å². The molecule has 0 amide bonds. The molecule has 8 heteroatoms. The largest absolute Gasteiger partial charge is 0.352 e. The lowest BCUT2D eigenvalue weighted by Crippen LogP contribution is -2.43. The van der Waals surface area contributed by atoms with Crippen LogP contribution in [0.5, 0.6) is 0 Å². The van der Waals surface area contributed by atoms with Gasteiger partial charge in [-0.1, -0.05) is 48.5 Å². The Balaban J connectivity index is 0.00000324. The Morgan fingerprint density at radius 3 is 2.21 bits per heavy atom. The van der Waals surface area contributed by atoms with Crippen LogP contribution in [-0.4, -0.2) is 65.8 Å². The van der Waals surface area contributed by atoms with E-state index in [9.17, 15) is 0 Å². The lowest BCUT2D eigenvalue weighted by atomic mass is 10.1. The average Bonchev–Trinajstić information content (AvgIpc) is 3.36. The van der Waals surface area contributed by atoms with E-state index in [1.54, 1.807) is 0 Å². The average molecular weight is 574 g/mol. The van der Waals surface area contributed by atoms with Crippen LogP contribution >= 0.6 is 24.0 Å². The molecule has 0 atom stereocenters. The number of rotatable bonds is 8. The third kappa shape index (κ3) is 7.82. The smallest absolute Gasteiger partial charge is 0.191 e. The number of piperazine rings is 1. The number of nitrogens with one attached hydrogen (secondary N) is 2. The highest BCUT2D eigenvalue weighted by Crippen LogP contribution is 2.11. The van der Waals surface area contributed by atoms with Crippen LogP contribution in [0.1, 0.15) is 22.3 Å². The van der Waals surface area contributed by atoms with Gasteiger partial charge < -0.3 is 15.5 Å². The summed E-state index contributed by atoms with van der Waals surface area (Å²) in [4.78, 5) is 9.31. The van der Waals surface area contributed by atoms with Gasteiger partial charge in [0.05, 0.1) is 6.54 Å². The van der Waals surface area contributed by atoms with E-state index in [0.717, 1.165) is 51.8 Å². The number of benzene rings is 2. The molecule has 4 rings (SSSR count). The van der Waals surface area contributed by atoms with Crippen molar-refractivity contribution in [1.29, 1.82) is 0 Å². The molecule has 0 aliphatic carbocycles. The van der Waals surface area contributed by atoms with Gasteiger partial charge in [-0.05, 0) is 35.4 Å². The number of likely N-dealkylation sites (N-methyl/N-ethyl adjacent to an activating group) is 1. The fourth-order valence-corrected chi connectivity index (χ4v) is 4.06. The third-order valence-electron chi connectivity index (χ3n) is 6.16. The molecule has 182 valence electrons. The lowest BCUT2D eigenvalue weighted by Gasteiger charge is -2.32. The maximum atomic E-state index is 4.39. The van der Waals surface area contributed by atoms with Gasteiger partial charge in [0.25, 0.3) is 0 Å². The van der Waals surface area contributed by atoms with Crippen LogP contribution < -0.4 is 10.6 Å². The van der Waals surface area contributed by atoms with Gasteiger partial charge in [-0.25, -0.2) is 0 Å². The molecule has 1 aliphatic rings. The van der Waals surface area contributed by atoms with Crippen LogP contribution in [0.4, 0.5) is 0 Å². The van der Waals surface area contributed by atoms with Gasteiger partial charge >= 0.3 is 0 Å². The Labute approximate surface area is 220 Å². The summed E-state index contributed by atoms with van der Waals surface area (Å²) in [5.41, 5.74) is 5.11. The molecule has 0 spiro atoms. The second-order valence-corrected chi connectivity index (χ2v) is 8.65. The number of guanidine groups is 1. The fraction of sp³-hybridized carbons (Fsp3) is 0.385. The van der Waals surface area contributed by atoms with Crippen molar-refractivity contribution >= 4 is 29.9 Å². The Morgan fingerprint density at radius 2 is 1.53 bits per heavy atom. The molecule has 2 N–H and O–H groups in total. The lowest BCUT2D eigenvalue weighted by molar-refractivity contribution is 0.148. The number of halogens is 1. The molecule has 2 aromatic carbocycles. The number of hydrogen-bond acceptors (Lipinski definition) is 4. The molecular weight excluding hydrogens is 537 g/mol. The molecule has 34 heavy (non-hydrogen) atoms. The second-order valence-electron chi connectivity index (χ2n) is 8.65. The molecule has 2 heterocycles. The van der Waals surface area contributed by atoms with E-state index >= 15 is 0 Å². The minimum Gasteiger partial charge on any atom is -0.352 e. The Hall–Kier alpha value is -2.43. The minimum atomic E-state index is 0. The Morgan fingerprint density at radius 1 is 0.853 bits per heavy atom. The summed E-state index contributed by atoms with van der Waals surface area (Å²) in [5, 5.41) is 11.2. The van der Waals surface area contributed by atoms with Crippen molar-refractivity contribution in [3.05, 3.63) is 89.2 Å². The highest BCUT2D eigenvalue weighted by atomic mass is 127. The highest BCUT2D eigenvalue weighted by Gasteiger charge is 2.13. The van der Waals surface area contributed by atoms with Gasteiger partial charge in [0.2, 0.25) is 0 Å². The van der Waals surface area contributed by atoms with Crippen LogP contribution in [0.25, 0.3) is 0 Å². The summed E-state index contributed by atoms with van der Waals surface area (Å²) < 4.78 is 1.94. The summed E-state index contributed by atoms with van der Waals surface area (Å²) in [6, 6.07) is 19.3.